The van der Waals surface area contributed by atoms with Crippen LogP contribution in [0.2, 0.25) is 0 Å². The number of allylic oxidation sites excluding steroid dienone is 1. The number of nitrogens with one attached hydrogen (secondary N) is 1. The lowest BCUT2D eigenvalue weighted by Gasteiger charge is -2.10. The normalized spacial score (nSPS) is 11.8. The molecule has 0 saturated heterocycles. The van der Waals surface area contributed by atoms with E-state index in [-0.39, 0.29) is 6.61 Å². The number of aromatic amines is 1. The van der Waals surface area contributed by atoms with Crippen LogP contribution in [-0.4, -0.2) is 16.8 Å². The number of terminal acetylenes is 1. The van der Waals surface area contributed by atoms with E-state index in [1.807, 2.05) is 13.8 Å². The van der Waals surface area contributed by atoms with E-state index < -0.39 is 0 Å². The Bertz CT molecular complexity index is 398. The quantitative estimate of drug-likeness (QED) is 0.581. The summed E-state index contributed by atoms with van der Waals surface area (Å²) in [5.41, 5.74) is 7.59. The highest BCUT2D eigenvalue weighted by Gasteiger charge is 2.11. The summed E-state index contributed by atoms with van der Waals surface area (Å²) in [7, 11) is 0. The number of hydrogen-bond donors (Lipinski definition) is 2. The van der Waals surface area contributed by atoms with Crippen LogP contribution in [0.3, 0.4) is 0 Å². The van der Waals surface area contributed by atoms with Crippen LogP contribution in [0.1, 0.15) is 25.8 Å². The Labute approximate surface area is 89.5 Å². The van der Waals surface area contributed by atoms with Crippen LogP contribution in [0.25, 0.3) is 5.76 Å². The van der Waals surface area contributed by atoms with Gasteiger partial charge in [0.2, 0.25) is 0 Å². The largest absolute Gasteiger partial charge is 0.480 e. The van der Waals surface area contributed by atoms with Gasteiger partial charge in [0.1, 0.15) is 18.2 Å². The van der Waals surface area contributed by atoms with Gasteiger partial charge >= 0.3 is 0 Å². The van der Waals surface area contributed by atoms with Gasteiger partial charge in [-0.3, -0.25) is 5.10 Å². The van der Waals surface area contributed by atoms with Crippen LogP contribution in [0, 0.1) is 12.3 Å². The first-order valence-corrected chi connectivity index (χ1v) is 4.75. The molecule has 4 nitrogen and oxygen atoms in total. The van der Waals surface area contributed by atoms with Crippen molar-refractivity contribution in [3.63, 3.8) is 0 Å². The van der Waals surface area contributed by atoms with E-state index in [1.165, 1.54) is 0 Å². The molecule has 0 fully saturated rings. The number of aromatic nitrogens is 2. The second kappa shape index (κ2) is 5.11. The van der Waals surface area contributed by atoms with Gasteiger partial charge < -0.3 is 10.5 Å². The van der Waals surface area contributed by atoms with Gasteiger partial charge in [0.05, 0.1) is 11.8 Å². The van der Waals surface area contributed by atoms with Crippen LogP contribution < -0.4 is 5.73 Å². The molecule has 3 N–H and O–H groups in total. The standard InChI is InChI=1S/C11H15N3O/c1-4-6-15-10(8(3)5-2)9-7-13-14-11(9)12/h1,7H,5-6H2,2-3H3,(H3,12,13,14)/b10-8-. The highest BCUT2D eigenvalue weighted by molar-refractivity contribution is 5.70. The molecular formula is C11H15N3O. The van der Waals surface area contributed by atoms with Crippen molar-refractivity contribution in [3.05, 3.63) is 17.3 Å². The van der Waals surface area contributed by atoms with E-state index in [1.54, 1.807) is 6.20 Å². The lowest BCUT2D eigenvalue weighted by molar-refractivity contribution is 0.323. The first-order valence-electron chi connectivity index (χ1n) is 4.75. The van der Waals surface area contributed by atoms with Crippen molar-refractivity contribution >= 4 is 11.6 Å². The zero-order chi connectivity index (χ0) is 11.3. The maximum absolute atomic E-state index is 5.72. The topological polar surface area (TPSA) is 63.9 Å². The van der Waals surface area contributed by atoms with E-state index in [0.717, 1.165) is 23.3 Å². The molecule has 0 saturated carbocycles. The fourth-order valence-corrected chi connectivity index (χ4v) is 1.18. The van der Waals surface area contributed by atoms with Crippen molar-refractivity contribution < 1.29 is 4.74 Å². The molecule has 0 atom stereocenters. The molecular weight excluding hydrogens is 190 g/mol. The summed E-state index contributed by atoms with van der Waals surface area (Å²) >= 11 is 0. The number of H-pyrrole nitrogens is 1. The third-order valence-corrected chi connectivity index (χ3v) is 2.13. The first-order chi connectivity index (χ1) is 7.20. The molecule has 0 aliphatic rings. The molecule has 1 rings (SSSR count). The zero-order valence-corrected chi connectivity index (χ0v) is 9.00. The fourth-order valence-electron chi connectivity index (χ4n) is 1.18. The summed E-state index contributed by atoms with van der Waals surface area (Å²) < 4.78 is 5.47. The minimum Gasteiger partial charge on any atom is -0.480 e. The smallest absolute Gasteiger partial charge is 0.148 e. The second-order valence-corrected chi connectivity index (χ2v) is 3.15. The molecule has 0 unspecified atom stereocenters. The molecule has 0 aliphatic heterocycles. The minimum atomic E-state index is 0.233. The van der Waals surface area contributed by atoms with Crippen molar-refractivity contribution in [3.8, 4) is 12.3 Å². The summed E-state index contributed by atoms with van der Waals surface area (Å²) in [6.07, 6.45) is 7.68. The van der Waals surface area contributed by atoms with Crippen LogP contribution in [0.15, 0.2) is 11.8 Å². The number of nitrogens with two attached hydrogens (primary N) is 1. The van der Waals surface area contributed by atoms with Crippen LogP contribution in [0.4, 0.5) is 5.82 Å². The third-order valence-electron chi connectivity index (χ3n) is 2.13. The zero-order valence-electron chi connectivity index (χ0n) is 9.00. The van der Waals surface area contributed by atoms with Crippen molar-refractivity contribution in [2.75, 3.05) is 12.3 Å². The van der Waals surface area contributed by atoms with Gasteiger partial charge in [-0.15, -0.1) is 6.42 Å². The molecule has 0 amide bonds. The summed E-state index contributed by atoms with van der Waals surface area (Å²) in [4.78, 5) is 0. The van der Waals surface area contributed by atoms with E-state index in [2.05, 4.69) is 16.1 Å². The summed E-state index contributed by atoms with van der Waals surface area (Å²) in [5, 5.41) is 6.52. The molecule has 0 spiro atoms. The first kappa shape index (κ1) is 11.2. The molecule has 80 valence electrons. The average molecular weight is 205 g/mol. The SMILES string of the molecule is C#CCO/C(=C(/C)CC)c1cn[nH]c1N. The predicted molar refractivity (Wildman–Crippen MR) is 60.7 cm³/mol. The fraction of sp³-hybridized carbons (Fsp3) is 0.364. The van der Waals surface area contributed by atoms with Gasteiger partial charge in [0.25, 0.3) is 0 Å². The molecule has 1 heterocycles. The summed E-state index contributed by atoms with van der Waals surface area (Å²) in [5.74, 6) is 3.65. The molecule has 4 heteroatoms. The highest BCUT2D eigenvalue weighted by atomic mass is 16.5. The number of ether oxygens (including phenoxy) is 1. The lowest BCUT2D eigenvalue weighted by Crippen LogP contribution is -1.98. The Balaban J connectivity index is 3.03. The number of nitrogen functional groups attached to an aromatic ring is 1. The Morgan fingerprint density at radius 3 is 2.93 bits per heavy atom. The van der Waals surface area contributed by atoms with Crippen molar-refractivity contribution in [1.82, 2.24) is 10.2 Å². The molecule has 15 heavy (non-hydrogen) atoms. The number of rotatable bonds is 4. The van der Waals surface area contributed by atoms with Gasteiger partial charge in [0, 0.05) is 0 Å². The van der Waals surface area contributed by atoms with Crippen LogP contribution in [-0.2, 0) is 4.74 Å². The van der Waals surface area contributed by atoms with Gasteiger partial charge in [-0.1, -0.05) is 12.8 Å². The van der Waals surface area contributed by atoms with E-state index in [0.29, 0.717) is 5.82 Å². The van der Waals surface area contributed by atoms with E-state index in [4.69, 9.17) is 16.9 Å². The van der Waals surface area contributed by atoms with Crippen LogP contribution in [0.5, 0.6) is 0 Å². The Hall–Kier alpha value is -1.89. The van der Waals surface area contributed by atoms with Gasteiger partial charge in [-0.25, -0.2) is 0 Å². The van der Waals surface area contributed by atoms with Gasteiger partial charge in [0.15, 0.2) is 0 Å². The Kier molecular flexibility index (Phi) is 3.81. The van der Waals surface area contributed by atoms with Crippen molar-refractivity contribution in [2.24, 2.45) is 0 Å². The Morgan fingerprint density at radius 2 is 2.47 bits per heavy atom. The maximum atomic E-state index is 5.72. The average Bonchev–Trinajstić information content (AvgIpc) is 2.65. The Morgan fingerprint density at radius 1 is 1.73 bits per heavy atom. The molecule has 1 aromatic rings. The molecule has 1 aromatic heterocycles. The molecule has 0 aliphatic carbocycles. The van der Waals surface area contributed by atoms with Gasteiger partial charge in [-0.05, 0) is 18.9 Å². The monoisotopic (exact) mass is 205 g/mol. The molecule has 0 aromatic carbocycles. The predicted octanol–water partition coefficient (Wildman–Crippen LogP) is 1.78. The highest BCUT2D eigenvalue weighted by Crippen LogP contribution is 2.24. The van der Waals surface area contributed by atoms with E-state index in [9.17, 15) is 0 Å². The number of nitrogens with zero attached hydrogens (tertiary/aromatic N) is 1. The number of hydrogen-bond acceptors (Lipinski definition) is 3. The lowest BCUT2D eigenvalue weighted by atomic mass is 10.1. The summed E-state index contributed by atoms with van der Waals surface area (Å²) in [6, 6.07) is 0. The number of anilines is 1. The second-order valence-electron chi connectivity index (χ2n) is 3.15. The van der Waals surface area contributed by atoms with Crippen LogP contribution >= 0.6 is 0 Å². The van der Waals surface area contributed by atoms with Crippen molar-refractivity contribution in [2.45, 2.75) is 20.3 Å². The molecule has 0 bridgehead atoms. The van der Waals surface area contributed by atoms with Gasteiger partial charge in [-0.2, -0.15) is 5.10 Å². The minimum absolute atomic E-state index is 0.233. The van der Waals surface area contributed by atoms with Crippen molar-refractivity contribution in [1.29, 1.82) is 0 Å². The maximum Gasteiger partial charge on any atom is 0.148 e. The summed E-state index contributed by atoms with van der Waals surface area (Å²) in [6.45, 7) is 4.26. The third kappa shape index (κ3) is 2.53. The van der Waals surface area contributed by atoms with E-state index >= 15 is 0 Å². The molecule has 0 radical (unpaired) electrons.